The van der Waals surface area contributed by atoms with E-state index in [-0.39, 0.29) is 163 Å². The molecule has 0 radical (unpaired) electrons. The molecule has 0 saturated heterocycles. The van der Waals surface area contributed by atoms with Crippen molar-refractivity contribution in [2.24, 2.45) is 0 Å². The molecule has 1 rings (SSSR count). The Balaban J connectivity index is -0.0000000417. The molecule has 0 unspecified atom stereocenters. The molecule has 0 aliphatic rings. The van der Waals surface area contributed by atoms with E-state index in [0.29, 0.717) is 0 Å². The fourth-order valence-electron chi connectivity index (χ4n) is 0.592. The Morgan fingerprint density at radius 1 is 1.00 bits per heavy atom. The van der Waals surface area contributed by atoms with Crippen molar-refractivity contribution in [3.63, 3.8) is 0 Å². The molecule has 13 heavy (non-hydrogen) atoms. The minimum Gasteiger partial charge on any atom is -1.00 e. The zero-order valence-corrected chi connectivity index (χ0v) is 18.2. The van der Waals surface area contributed by atoms with E-state index in [0.717, 1.165) is 0 Å². The van der Waals surface area contributed by atoms with E-state index >= 15 is 0 Å². The predicted molar refractivity (Wildman–Crippen MR) is 39.6 cm³/mol. The van der Waals surface area contributed by atoms with Crippen molar-refractivity contribution < 1.29 is 171 Å². The second-order valence-electron chi connectivity index (χ2n) is 1.79. The molecule has 1 N–H and O–H groups in total. The van der Waals surface area contributed by atoms with Crippen LogP contribution in [0.15, 0.2) is 35.2 Å². The third-order valence-electron chi connectivity index (χ3n) is 1.04. The number of hydrogen-bond donors (Lipinski definition) is 1. The number of benzene rings is 1. The average Bonchev–Trinajstić information content (AvgIpc) is 1.88. The summed E-state index contributed by atoms with van der Waals surface area (Å²) in [5.74, 6) is 0. The summed E-state index contributed by atoms with van der Waals surface area (Å²) < 4.78 is 29.2. The molecule has 0 spiro atoms. The van der Waals surface area contributed by atoms with E-state index in [9.17, 15) is 8.42 Å². The van der Waals surface area contributed by atoms with Gasteiger partial charge < -0.3 is 4.28 Å². The predicted octanol–water partition coefficient (Wildman–Crippen LogP) is -7.72. The van der Waals surface area contributed by atoms with Gasteiger partial charge in [-0.05, 0) is 12.1 Å². The van der Waals surface area contributed by atoms with Gasteiger partial charge in [-0.15, -0.1) is 0 Å². The molecular weight excluding hydrogens is 269 g/mol. The van der Waals surface area contributed by atoms with Gasteiger partial charge >= 0.3 is 154 Å². The van der Waals surface area contributed by atoms with Crippen LogP contribution in [0.1, 0.15) is 4.28 Å². The minimum absolute atomic E-state index is 0. The van der Waals surface area contributed by atoms with Crippen LogP contribution >= 0.6 is 0 Å². The van der Waals surface area contributed by atoms with Crippen molar-refractivity contribution in [1.82, 2.24) is 0 Å². The van der Waals surface area contributed by atoms with E-state index in [1.54, 1.807) is 18.2 Å². The van der Waals surface area contributed by atoms with E-state index < -0.39 is 10.1 Å². The SMILES string of the molecule is O=S(=O)(O)c1ccccc1.[H-].[H-].[H-].[K+].[K+].[K+]. The molecule has 0 heterocycles. The first-order valence-electron chi connectivity index (χ1n) is 2.63. The summed E-state index contributed by atoms with van der Waals surface area (Å²) in [6.45, 7) is 0. The molecule has 7 heteroatoms. The van der Waals surface area contributed by atoms with Crippen LogP contribution in [-0.4, -0.2) is 13.0 Å². The van der Waals surface area contributed by atoms with Gasteiger partial charge in [0.1, 0.15) is 0 Å². The van der Waals surface area contributed by atoms with Crippen LogP contribution in [0.2, 0.25) is 0 Å². The van der Waals surface area contributed by atoms with Crippen LogP contribution in [-0.2, 0) is 10.1 Å². The Kier molecular flexibility index (Phi) is 19.1. The molecule has 0 saturated carbocycles. The fourth-order valence-corrected chi connectivity index (χ4v) is 1.09. The second kappa shape index (κ2) is 11.1. The zero-order chi connectivity index (χ0) is 7.61. The first-order chi connectivity index (χ1) is 4.61. The van der Waals surface area contributed by atoms with Gasteiger partial charge in [0.15, 0.2) is 0 Å². The molecule has 0 atom stereocenters. The van der Waals surface area contributed by atoms with Crippen molar-refractivity contribution in [3.05, 3.63) is 30.3 Å². The largest absolute Gasteiger partial charge is 1.00 e. The van der Waals surface area contributed by atoms with Crippen LogP contribution in [0, 0.1) is 0 Å². The second-order valence-corrected chi connectivity index (χ2v) is 3.21. The van der Waals surface area contributed by atoms with Gasteiger partial charge in [0, 0.05) is 0 Å². The summed E-state index contributed by atoms with van der Waals surface area (Å²) in [7, 11) is -4.00. The molecule has 1 aromatic carbocycles. The smallest absolute Gasteiger partial charge is 1.00 e. The summed E-state index contributed by atoms with van der Waals surface area (Å²) in [4.78, 5) is -0.0741. The van der Waals surface area contributed by atoms with Gasteiger partial charge in [0.25, 0.3) is 10.1 Å². The monoisotopic (exact) mass is 278 g/mol. The molecular formula is C6H9K3O3S. The Labute approximate surface area is 210 Å². The molecule has 1 aromatic rings. The number of hydrogen-bond acceptors (Lipinski definition) is 2. The van der Waals surface area contributed by atoms with Crippen LogP contribution < -0.4 is 154 Å². The summed E-state index contributed by atoms with van der Waals surface area (Å²) in [5, 5.41) is 0. The van der Waals surface area contributed by atoms with Crippen LogP contribution in [0.4, 0.5) is 0 Å². The normalized spacial score (nSPS) is 8.69. The third-order valence-corrected chi connectivity index (χ3v) is 1.91. The first kappa shape index (κ1) is 22.2. The maximum absolute atomic E-state index is 10.4. The Morgan fingerprint density at radius 2 is 1.38 bits per heavy atom. The first-order valence-corrected chi connectivity index (χ1v) is 4.07. The van der Waals surface area contributed by atoms with E-state index in [2.05, 4.69) is 0 Å². The maximum Gasteiger partial charge on any atom is 1.00 e. The number of rotatable bonds is 1. The van der Waals surface area contributed by atoms with Gasteiger partial charge in [-0.3, -0.25) is 4.55 Å². The molecule has 0 aromatic heterocycles. The van der Waals surface area contributed by atoms with Crippen molar-refractivity contribution in [1.29, 1.82) is 0 Å². The molecule has 0 aliphatic heterocycles. The van der Waals surface area contributed by atoms with Crippen LogP contribution in [0.5, 0.6) is 0 Å². The third kappa shape index (κ3) is 9.71. The van der Waals surface area contributed by atoms with Crippen molar-refractivity contribution in [3.8, 4) is 0 Å². The average molecular weight is 278 g/mol. The van der Waals surface area contributed by atoms with E-state index in [1.165, 1.54) is 12.1 Å². The van der Waals surface area contributed by atoms with Crippen molar-refractivity contribution >= 4 is 10.1 Å². The molecule has 0 bridgehead atoms. The zero-order valence-electron chi connectivity index (χ0n) is 11.1. The molecule has 0 fully saturated rings. The van der Waals surface area contributed by atoms with Gasteiger partial charge in [0.05, 0.1) is 4.90 Å². The molecule has 0 aliphatic carbocycles. The Morgan fingerprint density at radius 3 is 1.62 bits per heavy atom. The van der Waals surface area contributed by atoms with Crippen LogP contribution in [0.3, 0.4) is 0 Å². The minimum atomic E-state index is -4.00. The maximum atomic E-state index is 10.4. The summed E-state index contributed by atoms with van der Waals surface area (Å²) in [6, 6.07) is 7.42. The fraction of sp³-hybridized carbons (Fsp3) is 0. The van der Waals surface area contributed by atoms with Crippen molar-refractivity contribution in [2.75, 3.05) is 0 Å². The van der Waals surface area contributed by atoms with Gasteiger partial charge in [0.2, 0.25) is 0 Å². The van der Waals surface area contributed by atoms with E-state index in [1.807, 2.05) is 0 Å². The van der Waals surface area contributed by atoms with Gasteiger partial charge in [-0.2, -0.15) is 8.42 Å². The van der Waals surface area contributed by atoms with Crippen molar-refractivity contribution in [2.45, 2.75) is 4.90 Å². The summed E-state index contributed by atoms with van der Waals surface area (Å²) >= 11 is 0. The summed E-state index contributed by atoms with van der Waals surface area (Å²) in [6.07, 6.45) is 0. The molecule has 0 amide bonds. The van der Waals surface area contributed by atoms with Gasteiger partial charge in [-0.1, -0.05) is 18.2 Å². The van der Waals surface area contributed by atoms with Crippen LogP contribution in [0.25, 0.3) is 0 Å². The standard InChI is InChI=1S/C6H6O3S.3K.3H/c7-10(8,9)6-4-2-1-3-5-6;;;;;;/h1-5H,(H,7,8,9);;;;;;/q;3*+1;3*-1. The Bertz CT molecular complexity index is 322. The summed E-state index contributed by atoms with van der Waals surface area (Å²) in [5.41, 5.74) is 0. The van der Waals surface area contributed by atoms with Gasteiger partial charge in [-0.25, -0.2) is 0 Å². The quantitative estimate of drug-likeness (QED) is 0.410. The molecule has 60 valence electrons. The Hall–Kier alpha value is 4.04. The topological polar surface area (TPSA) is 54.4 Å². The van der Waals surface area contributed by atoms with E-state index in [4.69, 9.17) is 4.55 Å². The molecule has 3 nitrogen and oxygen atoms in total.